The van der Waals surface area contributed by atoms with E-state index in [0.717, 1.165) is 20.3 Å². The van der Waals surface area contributed by atoms with Crippen molar-refractivity contribution in [3.63, 3.8) is 0 Å². The molecule has 0 unspecified atom stereocenters. The average molecular weight is 352 g/mol. The zero-order chi connectivity index (χ0) is 12.3. The summed E-state index contributed by atoms with van der Waals surface area (Å²) in [5.74, 6) is 0. The Kier molecular flexibility index (Phi) is 3.82. The number of benzene rings is 2. The maximum atomic E-state index is 9.04. The summed E-state index contributed by atoms with van der Waals surface area (Å²) >= 11 is 6.86. The second-order valence-corrected chi connectivity index (χ2v) is 5.18. The summed E-state index contributed by atoms with van der Waals surface area (Å²) in [4.78, 5) is 0. The Morgan fingerprint density at radius 1 is 1.00 bits per heavy atom. The molecule has 84 valence electrons. The van der Waals surface area contributed by atoms with Gasteiger partial charge in [0.05, 0.1) is 16.9 Å². The molecule has 0 saturated carbocycles. The van der Waals surface area contributed by atoms with Crippen molar-refractivity contribution in [3.05, 3.63) is 57.0 Å². The van der Waals surface area contributed by atoms with Gasteiger partial charge in [0, 0.05) is 8.95 Å². The quantitative estimate of drug-likeness (QED) is 0.841. The van der Waals surface area contributed by atoms with Gasteiger partial charge in [-0.3, -0.25) is 0 Å². The second-order valence-electron chi connectivity index (χ2n) is 3.41. The van der Waals surface area contributed by atoms with E-state index in [1.54, 1.807) is 6.07 Å². The number of nitrogens with one attached hydrogen (secondary N) is 1. The molecule has 4 heteroatoms. The van der Waals surface area contributed by atoms with Gasteiger partial charge in [-0.25, -0.2) is 0 Å². The Labute approximate surface area is 117 Å². The van der Waals surface area contributed by atoms with E-state index < -0.39 is 0 Å². The lowest BCUT2D eigenvalue weighted by molar-refractivity contribution is 1.45. The number of nitrogens with zero attached hydrogens (tertiary/aromatic N) is 1. The summed E-state index contributed by atoms with van der Waals surface area (Å²) in [6, 6.07) is 15.5. The third-order valence-corrected chi connectivity index (χ3v) is 3.43. The van der Waals surface area contributed by atoms with Crippen LogP contribution in [0.5, 0.6) is 0 Å². The van der Waals surface area contributed by atoms with Crippen molar-refractivity contribution in [1.29, 1.82) is 5.26 Å². The van der Waals surface area contributed by atoms with Gasteiger partial charge in [0.25, 0.3) is 0 Å². The van der Waals surface area contributed by atoms with Crippen LogP contribution in [0, 0.1) is 11.3 Å². The number of anilines is 2. The van der Waals surface area contributed by atoms with Gasteiger partial charge in [0.1, 0.15) is 6.07 Å². The number of halogens is 2. The van der Waals surface area contributed by atoms with E-state index in [-0.39, 0.29) is 0 Å². The second kappa shape index (κ2) is 5.35. The number of para-hydroxylation sites is 1. The van der Waals surface area contributed by atoms with E-state index in [0.29, 0.717) is 5.56 Å². The smallest absolute Gasteiger partial charge is 0.101 e. The van der Waals surface area contributed by atoms with Gasteiger partial charge in [-0.2, -0.15) is 5.26 Å². The van der Waals surface area contributed by atoms with Crippen LogP contribution in [0.3, 0.4) is 0 Å². The molecule has 1 N–H and O–H groups in total. The molecule has 0 bridgehead atoms. The van der Waals surface area contributed by atoms with E-state index in [9.17, 15) is 0 Å². The minimum atomic E-state index is 0.615. The van der Waals surface area contributed by atoms with Crippen molar-refractivity contribution in [3.8, 4) is 6.07 Å². The van der Waals surface area contributed by atoms with Crippen LogP contribution in [0.1, 0.15) is 5.56 Å². The largest absolute Gasteiger partial charge is 0.353 e. The highest BCUT2D eigenvalue weighted by Gasteiger charge is 2.04. The first-order valence-electron chi connectivity index (χ1n) is 4.92. The average Bonchev–Trinajstić information content (AvgIpc) is 2.32. The van der Waals surface area contributed by atoms with E-state index in [2.05, 4.69) is 43.2 Å². The zero-order valence-corrected chi connectivity index (χ0v) is 11.9. The van der Waals surface area contributed by atoms with Crippen molar-refractivity contribution in [2.45, 2.75) is 0 Å². The Morgan fingerprint density at radius 3 is 2.47 bits per heavy atom. The molecule has 0 aromatic heterocycles. The van der Waals surface area contributed by atoms with E-state index in [1.165, 1.54) is 0 Å². The highest BCUT2D eigenvalue weighted by atomic mass is 79.9. The molecule has 0 aliphatic rings. The standard InChI is InChI=1S/C13H8Br2N2/c14-10-6-5-9(8-16)13(7-10)17-12-4-2-1-3-11(12)15/h1-7,17H. The van der Waals surface area contributed by atoms with Crippen LogP contribution in [0.2, 0.25) is 0 Å². The van der Waals surface area contributed by atoms with Crippen LogP contribution in [-0.2, 0) is 0 Å². The van der Waals surface area contributed by atoms with Crippen molar-refractivity contribution in [2.24, 2.45) is 0 Å². The first-order valence-corrected chi connectivity index (χ1v) is 6.50. The molecule has 0 saturated heterocycles. The molecule has 0 amide bonds. The third kappa shape index (κ3) is 2.87. The highest BCUT2D eigenvalue weighted by molar-refractivity contribution is 9.10. The molecule has 0 radical (unpaired) electrons. The van der Waals surface area contributed by atoms with Crippen LogP contribution >= 0.6 is 31.9 Å². The molecule has 2 aromatic rings. The van der Waals surface area contributed by atoms with Crippen LogP contribution in [-0.4, -0.2) is 0 Å². The van der Waals surface area contributed by atoms with Gasteiger partial charge in [0.2, 0.25) is 0 Å². The van der Waals surface area contributed by atoms with Gasteiger partial charge >= 0.3 is 0 Å². The lowest BCUT2D eigenvalue weighted by Gasteiger charge is -2.10. The first kappa shape index (κ1) is 12.2. The third-order valence-electron chi connectivity index (χ3n) is 2.25. The lowest BCUT2D eigenvalue weighted by atomic mass is 10.2. The molecule has 2 rings (SSSR count). The topological polar surface area (TPSA) is 35.8 Å². The van der Waals surface area contributed by atoms with Gasteiger partial charge in [0.15, 0.2) is 0 Å². The molecular formula is C13H8Br2N2. The van der Waals surface area contributed by atoms with Crippen LogP contribution in [0.25, 0.3) is 0 Å². The van der Waals surface area contributed by atoms with Crippen LogP contribution < -0.4 is 5.32 Å². The molecule has 0 atom stereocenters. The van der Waals surface area contributed by atoms with Gasteiger partial charge in [-0.05, 0) is 46.3 Å². The van der Waals surface area contributed by atoms with Gasteiger partial charge in [-0.15, -0.1) is 0 Å². The monoisotopic (exact) mass is 350 g/mol. The Hall–Kier alpha value is -1.31. The Balaban J connectivity index is 2.40. The zero-order valence-electron chi connectivity index (χ0n) is 8.74. The number of rotatable bonds is 2. The molecule has 2 nitrogen and oxygen atoms in total. The normalized spacial score (nSPS) is 9.71. The van der Waals surface area contributed by atoms with E-state index >= 15 is 0 Å². The molecule has 0 aliphatic heterocycles. The molecule has 17 heavy (non-hydrogen) atoms. The fourth-order valence-corrected chi connectivity index (χ4v) is 2.17. The van der Waals surface area contributed by atoms with E-state index in [1.807, 2.05) is 36.4 Å². The SMILES string of the molecule is N#Cc1ccc(Br)cc1Nc1ccccc1Br. The van der Waals surface area contributed by atoms with Crippen molar-refractivity contribution < 1.29 is 0 Å². The molecule has 0 heterocycles. The summed E-state index contributed by atoms with van der Waals surface area (Å²) < 4.78 is 1.90. The van der Waals surface area contributed by atoms with Crippen molar-refractivity contribution >= 4 is 43.2 Å². The van der Waals surface area contributed by atoms with E-state index in [4.69, 9.17) is 5.26 Å². The fourth-order valence-electron chi connectivity index (χ4n) is 1.43. The predicted octanol–water partition coefficient (Wildman–Crippen LogP) is 4.83. The van der Waals surface area contributed by atoms with Crippen molar-refractivity contribution in [2.75, 3.05) is 5.32 Å². The highest BCUT2D eigenvalue weighted by Crippen LogP contribution is 2.28. The molecule has 0 aliphatic carbocycles. The number of hydrogen-bond acceptors (Lipinski definition) is 2. The Bertz CT molecular complexity index is 588. The molecule has 2 aromatic carbocycles. The summed E-state index contributed by atoms with van der Waals surface area (Å²) in [5.41, 5.74) is 2.33. The first-order chi connectivity index (χ1) is 8.20. The summed E-state index contributed by atoms with van der Waals surface area (Å²) in [6.07, 6.45) is 0. The maximum absolute atomic E-state index is 9.04. The minimum Gasteiger partial charge on any atom is -0.353 e. The van der Waals surface area contributed by atoms with Gasteiger partial charge < -0.3 is 5.32 Å². The van der Waals surface area contributed by atoms with Gasteiger partial charge in [-0.1, -0.05) is 28.1 Å². The number of nitriles is 1. The Morgan fingerprint density at radius 2 is 1.76 bits per heavy atom. The fraction of sp³-hybridized carbons (Fsp3) is 0. The molecule has 0 spiro atoms. The van der Waals surface area contributed by atoms with Crippen LogP contribution in [0.4, 0.5) is 11.4 Å². The predicted molar refractivity (Wildman–Crippen MR) is 76.3 cm³/mol. The van der Waals surface area contributed by atoms with Crippen LogP contribution in [0.15, 0.2) is 51.4 Å². The maximum Gasteiger partial charge on any atom is 0.101 e. The molecular weight excluding hydrogens is 344 g/mol. The summed E-state index contributed by atoms with van der Waals surface area (Å²) in [6.45, 7) is 0. The summed E-state index contributed by atoms with van der Waals surface area (Å²) in [7, 11) is 0. The van der Waals surface area contributed by atoms with Crippen molar-refractivity contribution in [1.82, 2.24) is 0 Å². The lowest BCUT2D eigenvalue weighted by Crippen LogP contribution is -1.94. The number of hydrogen-bond donors (Lipinski definition) is 1. The summed E-state index contributed by atoms with van der Waals surface area (Å²) in [5, 5.41) is 12.3. The minimum absolute atomic E-state index is 0.615. The molecule has 0 fully saturated rings.